The van der Waals surface area contributed by atoms with Crippen molar-refractivity contribution in [2.75, 3.05) is 31.0 Å². The maximum absolute atomic E-state index is 13.4. The number of benzene rings is 1. The van der Waals surface area contributed by atoms with Gasteiger partial charge in [-0.3, -0.25) is 15.7 Å². The van der Waals surface area contributed by atoms with E-state index in [1.54, 1.807) is 6.07 Å². The number of fused-ring (bicyclic) bond motifs is 1. The van der Waals surface area contributed by atoms with Gasteiger partial charge in [0.1, 0.15) is 5.82 Å². The van der Waals surface area contributed by atoms with Gasteiger partial charge in [-0.25, -0.2) is 18.1 Å². The minimum Gasteiger partial charge on any atom is -0.364 e. The molecule has 146 valence electrons. The summed E-state index contributed by atoms with van der Waals surface area (Å²) in [5, 5.41) is 19.8. The lowest BCUT2D eigenvalue weighted by Gasteiger charge is -2.27. The molecule has 0 aliphatic heterocycles. The Labute approximate surface area is 154 Å². The quantitative estimate of drug-likeness (QED) is 0.361. The lowest BCUT2D eigenvalue weighted by atomic mass is 9.83. The number of nitrogens with zero attached hydrogens (tertiary/aromatic N) is 4. The third kappa shape index (κ3) is 4.40. The third-order valence-corrected chi connectivity index (χ3v) is 5.42. The molecule has 0 radical (unpaired) electrons. The summed E-state index contributed by atoms with van der Waals surface area (Å²) in [6.07, 6.45) is 2.08. The molecule has 0 saturated heterocycles. The van der Waals surface area contributed by atoms with E-state index in [4.69, 9.17) is 4.63 Å². The predicted octanol–water partition coefficient (Wildman–Crippen LogP) is 1.30. The lowest BCUT2D eigenvalue weighted by Crippen LogP contribution is -2.26. The number of hydrogen-bond donors (Lipinski definition) is 3. The minimum atomic E-state index is -2.49. The largest absolute Gasteiger partial charge is 0.364 e. The van der Waals surface area contributed by atoms with Crippen molar-refractivity contribution >= 4 is 21.4 Å². The van der Waals surface area contributed by atoms with Gasteiger partial charge < -0.3 is 5.32 Å². The number of hydrogen-bond acceptors (Lipinski definition) is 9. The van der Waals surface area contributed by atoms with Crippen molar-refractivity contribution in [3.8, 4) is 0 Å². The Morgan fingerprint density at radius 2 is 2.33 bits per heavy atom. The van der Waals surface area contributed by atoms with Gasteiger partial charge in [-0.1, -0.05) is 10.6 Å². The highest BCUT2D eigenvalue weighted by atomic mass is 32.2. The van der Waals surface area contributed by atoms with Gasteiger partial charge in [-0.05, 0) is 40.0 Å². The highest BCUT2D eigenvalue weighted by molar-refractivity contribution is 7.92. The molecule has 0 saturated carbocycles. The zero-order valence-corrected chi connectivity index (χ0v) is 15.5. The molecule has 1 heterocycles. The zero-order chi connectivity index (χ0) is 19.4. The molecular weight excluding hydrogens is 379 g/mol. The summed E-state index contributed by atoms with van der Waals surface area (Å²) in [5.74, 6) is 0.0861. The van der Waals surface area contributed by atoms with E-state index in [-0.39, 0.29) is 41.5 Å². The summed E-state index contributed by atoms with van der Waals surface area (Å²) in [4.78, 5) is 8.92. The molecule has 2 atom stereocenters. The summed E-state index contributed by atoms with van der Waals surface area (Å²) in [6.45, 7) is 0.250. The fraction of sp³-hybridized carbons (Fsp3) is 0.400. The molecule has 1 aromatic heterocycles. The molecule has 0 unspecified atom stereocenters. The Morgan fingerprint density at radius 3 is 3.07 bits per heavy atom. The van der Waals surface area contributed by atoms with Crippen LogP contribution in [0.25, 0.3) is 0 Å². The highest BCUT2D eigenvalue weighted by Crippen LogP contribution is 2.36. The number of aromatic nitrogens is 2. The summed E-state index contributed by atoms with van der Waals surface area (Å²) in [6, 6.07) is 4.21. The number of anilines is 1. The number of halogens is 1. The van der Waals surface area contributed by atoms with Gasteiger partial charge in [0.05, 0.1) is 28.6 Å². The number of aliphatic imine (C=N–C) groups is 1. The van der Waals surface area contributed by atoms with E-state index in [9.17, 15) is 13.8 Å². The summed E-state index contributed by atoms with van der Waals surface area (Å²) in [5.41, 5.74) is 3.87. The average Bonchev–Trinajstić information content (AvgIpc) is 3.06. The van der Waals surface area contributed by atoms with Crippen molar-refractivity contribution in [1.82, 2.24) is 15.8 Å². The van der Waals surface area contributed by atoms with E-state index >= 15 is 0 Å². The van der Waals surface area contributed by atoms with Crippen LogP contribution in [-0.4, -0.2) is 51.2 Å². The molecule has 3 rings (SSSR count). The maximum Gasteiger partial charge on any atom is 0.202 e. The highest BCUT2D eigenvalue weighted by Gasteiger charge is 2.28. The average molecular weight is 398 g/mol. The number of nitrogens with one attached hydrogen (secondary N) is 2. The Hall–Kier alpha value is -2.57. The normalized spacial score (nSPS) is 18.2. The van der Waals surface area contributed by atoms with Gasteiger partial charge in [-0.15, -0.1) is 0 Å². The molecule has 12 heteroatoms. The van der Waals surface area contributed by atoms with Gasteiger partial charge in [0.25, 0.3) is 0 Å². The number of amidine groups is 1. The van der Waals surface area contributed by atoms with Crippen molar-refractivity contribution in [1.29, 1.82) is 0 Å². The SMILES string of the molecule is CON=[S@](C)(=O)CCNc1nonc1C(=N[C@H]1Cc2ccc(F)cc21)NO. The molecule has 2 aromatic rings. The van der Waals surface area contributed by atoms with Crippen LogP contribution in [0.4, 0.5) is 10.2 Å². The van der Waals surface area contributed by atoms with Crippen molar-refractivity contribution in [2.24, 2.45) is 9.52 Å². The molecule has 3 N–H and O–H groups in total. The van der Waals surface area contributed by atoms with Crippen molar-refractivity contribution < 1.29 is 23.3 Å². The smallest absolute Gasteiger partial charge is 0.202 e. The second-order valence-electron chi connectivity index (χ2n) is 5.96. The second kappa shape index (κ2) is 7.98. The Morgan fingerprint density at radius 1 is 1.52 bits per heavy atom. The molecule has 0 amide bonds. The fourth-order valence-electron chi connectivity index (χ4n) is 2.68. The van der Waals surface area contributed by atoms with Gasteiger partial charge >= 0.3 is 0 Å². The Bertz CT molecular complexity index is 969. The Kier molecular flexibility index (Phi) is 5.68. The van der Waals surface area contributed by atoms with E-state index in [2.05, 4.69) is 30.0 Å². The molecular formula is C15H19FN6O4S. The van der Waals surface area contributed by atoms with Crippen LogP contribution in [0.5, 0.6) is 0 Å². The van der Waals surface area contributed by atoms with Crippen LogP contribution in [0, 0.1) is 5.82 Å². The fourth-order valence-corrected chi connectivity index (χ4v) is 3.55. The first-order chi connectivity index (χ1) is 12.9. The predicted molar refractivity (Wildman–Crippen MR) is 95.5 cm³/mol. The molecule has 1 aliphatic carbocycles. The molecule has 10 nitrogen and oxygen atoms in total. The first-order valence-corrected chi connectivity index (χ1v) is 10.1. The van der Waals surface area contributed by atoms with Crippen molar-refractivity contribution in [3.63, 3.8) is 0 Å². The van der Waals surface area contributed by atoms with Gasteiger partial charge in [0, 0.05) is 12.8 Å². The van der Waals surface area contributed by atoms with E-state index in [0.717, 1.165) is 11.1 Å². The molecule has 0 fully saturated rings. The minimum absolute atomic E-state index is 0.0254. The van der Waals surface area contributed by atoms with E-state index in [1.165, 1.54) is 25.5 Å². The first-order valence-electron chi connectivity index (χ1n) is 7.99. The van der Waals surface area contributed by atoms with Crippen LogP contribution in [0.3, 0.4) is 0 Å². The topological polar surface area (TPSA) is 134 Å². The molecule has 27 heavy (non-hydrogen) atoms. The second-order valence-corrected chi connectivity index (χ2v) is 8.44. The lowest BCUT2D eigenvalue weighted by molar-refractivity contribution is 0.218. The monoisotopic (exact) mass is 398 g/mol. The number of hydroxylamine groups is 1. The molecule has 0 spiro atoms. The van der Waals surface area contributed by atoms with Crippen LogP contribution in [0.1, 0.15) is 22.9 Å². The van der Waals surface area contributed by atoms with E-state index in [1.807, 2.05) is 5.48 Å². The Balaban J connectivity index is 1.73. The van der Waals surface area contributed by atoms with Gasteiger partial charge in [0.2, 0.25) is 5.82 Å². The molecule has 1 aromatic carbocycles. The zero-order valence-electron chi connectivity index (χ0n) is 14.7. The first kappa shape index (κ1) is 19.2. The van der Waals surface area contributed by atoms with E-state index in [0.29, 0.717) is 6.42 Å². The summed E-state index contributed by atoms with van der Waals surface area (Å²) in [7, 11) is -1.16. The van der Waals surface area contributed by atoms with Crippen LogP contribution >= 0.6 is 0 Å². The van der Waals surface area contributed by atoms with Crippen LogP contribution in [-0.2, 0) is 21.0 Å². The van der Waals surface area contributed by atoms with Crippen molar-refractivity contribution in [3.05, 3.63) is 40.8 Å². The molecule has 1 aliphatic rings. The third-order valence-electron chi connectivity index (χ3n) is 3.99. The standard InChI is InChI=1S/C15H19FN6O4S/c1-25-22-27(2,24)6-5-17-14-13(20-26-21-14)15(19-23)18-12-7-9-3-4-10(16)8-11(9)12/h3-4,8,12,23H,5-7H2,1-2H3,(H,17,21)(H,18,19)/t12-,27+/m0/s1. The van der Waals surface area contributed by atoms with Crippen LogP contribution in [0.15, 0.2) is 32.3 Å². The van der Waals surface area contributed by atoms with Crippen molar-refractivity contribution in [2.45, 2.75) is 12.5 Å². The van der Waals surface area contributed by atoms with Crippen LogP contribution in [0.2, 0.25) is 0 Å². The maximum atomic E-state index is 13.4. The van der Waals surface area contributed by atoms with Crippen LogP contribution < -0.4 is 10.8 Å². The summed E-state index contributed by atoms with van der Waals surface area (Å²) < 4.78 is 33.7. The summed E-state index contributed by atoms with van der Waals surface area (Å²) >= 11 is 0. The van der Waals surface area contributed by atoms with Gasteiger partial charge in [-0.2, -0.15) is 0 Å². The number of rotatable bonds is 7. The molecule has 0 bridgehead atoms. The van der Waals surface area contributed by atoms with E-state index < -0.39 is 9.73 Å². The van der Waals surface area contributed by atoms with Gasteiger partial charge in [0.15, 0.2) is 11.5 Å².